The number of ether oxygens (including phenoxy) is 2. The van der Waals surface area contributed by atoms with Gasteiger partial charge in [-0.3, -0.25) is 9.59 Å². The Hall–Kier alpha value is -2.61. The van der Waals surface area contributed by atoms with Gasteiger partial charge in [-0.25, -0.2) is 4.98 Å². The molecule has 1 aliphatic heterocycles. The zero-order chi connectivity index (χ0) is 20.4. The summed E-state index contributed by atoms with van der Waals surface area (Å²) in [6.07, 6.45) is 2.74. The maximum Gasteiger partial charge on any atom is 0.245 e. The van der Waals surface area contributed by atoms with Crippen molar-refractivity contribution in [1.82, 2.24) is 9.88 Å². The lowest BCUT2D eigenvalue weighted by atomic mass is 9.98. The van der Waals surface area contributed by atoms with Crippen LogP contribution >= 0.6 is 11.3 Å². The molecule has 154 valence electrons. The molecule has 7 nitrogen and oxygen atoms in total. The molecule has 4 rings (SSSR count). The third-order valence-electron chi connectivity index (χ3n) is 5.27. The summed E-state index contributed by atoms with van der Waals surface area (Å²) in [5.41, 5.74) is 2.08. The van der Waals surface area contributed by atoms with Crippen molar-refractivity contribution in [2.45, 2.75) is 38.0 Å². The Morgan fingerprint density at radius 3 is 2.86 bits per heavy atom. The van der Waals surface area contributed by atoms with E-state index in [0.29, 0.717) is 42.1 Å². The van der Waals surface area contributed by atoms with E-state index in [1.165, 1.54) is 24.2 Å². The number of aromatic nitrogens is 1. The second kappa shape index (κ2) is 8.41. The molecule has 0 spiro atoms. The second-order valence-electron chi connectivity index (χ2n) is 7.42. The number of hydrogen-bond acceptors (Lipinski definition) is 6. The molecule has 1 aromatic carbocycles. The van der Waals surface area contributed by atoms with E-state index in [2.05, 4.69) is 10.3 Å². The van der Waals surface area contributed by atoms with E-state index >= 15 is 0 Å². The lowest BCUT2D eigenvalue weighted by Crippen LogP contribution is -2.34. The summed E-state index contributed by atoms with van der Waals surface area (Å²) < 4.78 is 11.0. The molecule has 1 atom stereocenters. The van der Waals surface area contributed by atoms with Crippen LogP contribution in [0.1, 0.15) is 49.3 Å². The molecule has 0 radical (unpaired) electrons. The minimum Gasteiger partial charge on any atom is -0.493 e. The standard InChI is InChI=1S/C21H25N3O4S/c1-3-28-18-8-14(6-7-17(18)27-2)15-9-20(26)24(10-15)11-19(25)23-21-22-16(12-29-21)13-4-5-13/h6-8,12-13,15H,3-5,9-11H2,1-2H3,(H,22,23,25)/t15-/m1/s1. The molecule has 1 N–H and O–H groups in total. The molecule has 1 aromatic heterocycles. The second-order valence-corrected chi connectivity index (χ2v) is 8.28. The number of nitrogens with one attached hydrogen (secondary N) is 1. The third-order valence-corrected chi connectivity index (χ3v) is 6.05. The zero-order valence-corrected chi connectivity index (χ0v) is 17.5. The molecule has 29 heavy (non-hydrogen) atoms. The summed E-state index contributed by atoms with van der Waals surface area (Å²) in [4.78, 5) is 30.9. The van der Waals surface area contributed by atoms with E-state index in [0.717, 1.165) is 11.3 Å². The van der Waals surface area contributed by atoms with Crippen molar-refractivity contribution in [2.24, 2.45) is 0 Å². The highest BCUT2D eigenvalue weighted by Crippen LogP contribution is 2.41. The molecule has 0 unspecified atom stereocenters. The maximum atomic E-state index is 12.5. The van der Waals surface area contributed by atoms with Gasteiger partial charge in [0.05, 0.1) is 26.0 Å². The number of methoxy groups -OCH3 is 1. The van der Waals surface area contributed by atoms with Gasteiger partial charge in [-0.1, -0.05) is 6.07 Å². The summed E-state index contributed by atoms with van der Waals surface area (Å²) in [5, 5.41) is 5.44. The fraction of sp³-hybridized carbons (Fsp3) is 0.476. The van der Waals surface area contributed by atoms with Crippen LogP contribution in [0.5, 0.6) is 11.5 Å². The fourth-order valence-electron chi connectivity index (χ4n) is 3.61. The predicted octanol–water partition coefficient (Wildman–Crippen LogP) is 3.38. The van der Waals surface area contributed by atoms with Gasteiger partial charge in [-0.05, 0) is 37.5 Å². The molecule has 2 aromatic rings. The van der Waals surface area contributed by atoms with E-state index in [4.69, 9.17) is 9.47 Å². The highest BCUT2D eigenvalue weighted by molar-refractivity contribution is 7.13. The topological polar surface area (TPSA) is 80.8 Å². The highest BCUT2D eigenvalue weighted by Gasteiger charge is 2.32. The van der Waals surface area contributed by atoms with Crippen LogP contribution in [0.25, 0.3) is 0 Å². The van der Waals surface area contributed by atoms with Crippen LogP contribution in [-0.2, 0) is 9.59 Å². The summed E-state index contributed by atoms with van der Waals surface area (Å²) >= 11 is 1.44. The molecule has 2 heterocycles. The number of amides is 2. The number of rotatable bonds is 8. The van der Waals surface area contributed by atoms with Crippen LogP contribution in [0.3, 0.4) is 0 Å². The Morgan fingerprint density at radius 1 is 1.31 bits per heavy atom. The summed E-state index contributed by atoms with van der Waals surface area (Å²) in [7, 11) is 1.60. The van der Waals surface area contributed by atoms with Crippen LogP contribution in [0, 0.1) is 0 Å². The molecular formula is C21H25N3O4S. The van der Waals surface area contributed by atoms with Crippen molar-refractivity contribution in [3.8, 4) is 11.5 Å². The number of carbonyl (C=O) groups excluding carboxylic acids is 2. The molecule has 1 saturated carbocycles. The number of benzene rings is 1. The van der Waals surface area contributed by atoms with E-state index in [9.17, 15) is 9.59 Å². The average molecular weight is 416 g/mol. The Morgan fingerprint density at radius 2 is 2.14 bits per heavy atom. The first kappa shape index (κ1) is 19.7. The van der Waals surface area contributed by atoms with Gasteiger partial charge in [-0.15, -0.1) is 11.3 Å². The third kappa shape index (κ3) is 4.53. The van der Waals surface area contributed by atoms with Crippen LogP contribution in [0.2, 0.25) is 0 Å². The van der Waals surface area contributed by atoms with Crippen molar-refractivity contribution in [2.75, 3.05) is 32.1 Å². The predicted molar refractivity (Wildman–Crippen MR) is 111 cm³/mol. The first-order valence-electron chi connectivity index (χ1n) is 9.91. The smallest absolute Gasteiger partial charge is 0.245 e. The van der Waals surface area contributed by atoms with E-state index in [1.807, 2.05) is 30.5 Å². The van der Waals surface area contributed by atoms with Crippen molar-refractivity contribution in [3.05, 3.63) is 34.8 Å². The number of anilines is 1. The molecule has 2 amide bonds. The lowest BCUT2D eigenvalue weighted by Gasteiger charge is -2.17. The molecule has 1 aliphatic carbocycles. The Kier molecular flexibility index (Phi) is 5.71. The fourth-order valence-corrected chi connectivity index (χ4v) is 4.41. The van der Waals surface area contributed by atoms with Crippen molar-refractivity contribution in [3.63, 3.8) is 0 Å². The average Bonchev–Trinajstić information content (AvgIpc) is 3.35. The number of likely N-dealkylation sites (tertiary alicyclic amines) is 1. The van der Waals surface area contributed by atoms with Gasteiger partial charge in [0.1, 0.15) is 0 Å². The Balaban J connectivity index is 1.37. The van der Waals surface area contributed by atoms with E-state index in [-0.39, 0.29) is 24.3 Å². The number of thiazole rings is 1. The van der Waals surface area contributed by atoms with E-state index in [1.54, 1.807) is 12.0 Å². The minimum atomic E-state index is -0.208. The molecule has 2 aliphatic rings. The van der Waals surface area contributed by atoms with Gasteiger partial charge in [0.2, 0.25) is 11.8 Å². The quantitative estimate of drug-likeness (QED) is 0.715. The van der Waals surface area contributed by atoms with Crippen LogP contribution in [0.4, 0.5) is 5.13 Å². The summed E-state index contributed by atoms with van der Waals surface area (Å²) in [6, 6.07) is 5.75. The van der Waals surface area contributed by atoms with Crippen LogP contribution in [0.15, 0.2) is 23.6 Å². The molecular weight excluding hydrogens is 390 g/mol. The number of hydrogen-bond donors (Lipinski definition) is 1. The Bertz CT molecular complexity index is 909. The van der Waals surface area contributed by atoms with Gasteiger partial charge in [0.15, 0.2) is 16.6 Å². The first-order valence-corrected chi connectivity index (χ1v) is 10.8. The number of carbonyl (C=O) groups is 2. The van der Waals surface area contributed by atoms with Crippen LogP contribution < -0.4 is 14.8 Å². The van der Waals surface area contributed by atoms with Crippen molar-refractivity contribution >= 4 is 28.3 Å². The van der Waals surface area contributed by atoms with Crippen LogP contribution in [-0.4, -0.2) is 48.5 Å². The van der Waals surface area contributed by atoms with Gasteiger partial charge >= 0.3 is 0 Å². The maximum absolute atomic E-state index is 12.5. The van der Waals surface area contributed by atoms with E-state index < -0.39 is 0 Å². The monoisotopic (exact) mass is 415 g/mol. The lowest BCUT2D eigenvalue weighted by molar-refractivity contribution is -0.131. The first-order chi connectivity index (χ1) is 14.1. The Labute approximate surface area is 174 Å². The van der Waals surface area contributed by atoms with Gasteiger partial charge in [0.25, 0.3) is 0 Å². The SMILES string of the molecule is CCOc1cc([C@@H]2CC(=O)N(CC(=O)Nc3nc(C4CC4)cs3)C2)ccc1OC. The van der Waals surface area contributed by atoms with Crippen molar-refractivity contribution < 1.29 is 19.1 Å². The normalized spacial score (nSPS) is 18.8. The van der Waals surface area contributed by atoms with Crippen molar-refractivity contribution in [1.29, 1.82) is 0 Å². The number of nitrogens with zero attached hydrogens (tertiary/aromatic N) is 2. The molecule has 1 saturated heterocycles. The largest absolute Gasteiger partial charge is 0.493 e. The zero-order valence-electron chi connectivity index (χ0n) is 16.6. The molecule has 0 bridgehead atoms. The summed E-state index contributed by atoms with van der Waals surface area (Å²) in [6.45, 7) is 3.01. The van der Waals surface area contributed by atoms with Gasteiger partial charge in [-0.2, -0.15) is 0 Å². The molecule has 8 heteroatoms. The van der Waals surface area contributed by atoms with Gasteiger partial charge in [0, 0.05) is 30.2 Å². The molecule has 2 fully saturated rings. The highest BCUT2D eigenvalue weighted by atomic mass is 32.1. The minimum absolute atomic E-state index is 0.0169. The van der Waals surface area contributed by atoms with Gasteiger partial charge < -0.3 is 19.7 Å². The summed E-state index contributed by atoms with van der Waals surface area (Å²) in [5.74, 6) is 1.71.